The summed E-state index contributed by atoms with van der Waals surface area (Å²) < 4.78 is 5.46. The fourth-order valence-electron chi connectivity index (χ4n) is 3.11. The van der Waals surface area contributed by atoms with Gasteiger partial charge in [-0.05, 0) is 40.5 Å². The summed E-state index contributed by atoms with van der Waals surface area (Å²) in [7, 11) is 5.87. The van der Waals surface area contributed by atoms with Crippen LogP contribution in [0.5, 0.6) is 5.75 Å². The molecule has 0 heterocycles. The van der Waals surface area contributed by atoms with Crippen LogP contribution in [0, 0.1) is 0 Å². The molecule has 0 spiro atoms. The van der Waals surface area contributed by atoms with Crippen molar-refractivity contribution in [1.82, 2.24) is 0 Å². The SMILES string of the molecule is COc1ccc(N(C)C)c(C/C(=C/c2ccccc2)c2ccccc2)c1. The zero-order chi connectivity index (χ0) is 18.4. The fraction of sp³-hybridized carbons (Fsp3) is 0.167. The second kappa shape index (κ2) is 8.39. The van der Waals surface area contributed by atoms with Crippen molar-refractivity contribution in [3.63, 3.8) is 0 Å². The fourth-order valence-corrected chi connectivity index (χ4v) is 3.11. The van der Waals surface area contributed by atoms with Crippen LogP contribution in [0.15, 0.2) is 78.9 Å². The van der Waals surface area contributed by atoms with E-state index in [-0.39, 0.29) is 0 Å². The molecule has 132 valence electrons. The van der Waals surface area contributed by atoms with Gasteiger partial charge < -0.3 is 9.64 Å². The van der Waals surface area contributed by atoms with E-state index in [1.807, 2.05) is 12.1 Å². The Balaban J connectivity index is 2.06. The predicted octanol–water partition coefficient (Wildman–Crippen LogP) is 5.54. The third kappa shape index (κ3) is 4.34. The Kier molecular flexibility index (Phi) is 5.75. The zero-order valence-electron chi connectivity index (χ0n) is 15.6. The molecule has 0 bridgehead atoms. The van der Waals surface area contributed by atoms with Crippen molar-refractivity contribution in [3.05, 3.63) is 95.6 Å². The Bertz CT molecular complexity index is 867. The molecule has 0 atom stereocenters. The Morgan fingerprint density at radius 1 is 0.885 bits per heavy atom. The molecule has 0 aromatic heterocycles. The van der Waals surface area contributed by atoms with Crippen molar-refractivity contribution in [2.75, 3.05) is 26.1 Å². The molecule has 3 rings (SSSR count). The molecule has 0 unspecified atom stereocenters. The summed E-state index contributed by atoms with van der Waals surface area (Å²) in [6, 6.07) is 27.3. The molecule has 2 nitrogen and oxygen atoms in total. The van der Waals surface area contributed by atoms with Gasteiger partial charge in [0.1, 0.15) is 5.75 Å². The molecular weight excluding hydrogens is 318 g/mol. The molecule has 2 heteroatoms. The maximum Gasteiger partial charge on any atom is 0.119 e. The number of allylic oxidation sites excluding steroid dienone is 1. The second-order valence-electron chi connectivity index (χ2n) is 6.51. The standard InChI is InChI=1S/C24H25NO/c1-25(2)24-15-14-23(26-3)18-22(24)17-21(20-12-8-5-9-13-20)16-19-10-6-4-7-11-19/h4-16,18H,17H2,1-3H3/b21-16-. The summed E-state index contributed by atoms with van der Waals surface area (Å²) in [5.74, 6) is 0.887. The summed E-state index contributed by atoms with van der Waals surface area (Å²) in [5, 5.41) is 0. The minimum Gasteiger partial charge on any atom is -0.497 e. The van der Waals surface area contributed by atoms with Crippen LogP contribution in [0.3, 0.4) is 0 Å². The van der Waals surface area contributed by atoms with Gasteiger partial charge >= 0.3 is 0 Å². The first-order chi connectivity index (χ1) is 12.7. The van der Waals surface area contributed by atoms with Gasteiger partial charge in [-0.3, -0.25) is 0 Å². The van der Waals surface area contributed by atoms with Gasteiger partial charge in [0.2, 0.25) is 0 Å². The van der Waals surface area contributed by atoms with Crippen LogP contribution in [0.1, 0.15) is 16.7 Å². The van der Waals surface area contributed by atoms with Gasteiger partial charge in [0.15, 0.2) is 0 Å². The van der Waals surface area contributed by atoms with Crippen molar-refractivity contribution in [3.8, 4) is 5.75 Å². The lowest BCUT2D eigenvalue weighted by Crippen LogP contribution is -2.11. The average Bonchev–Trinajstić information content (AvgIpc) is 2.68. The highest BCUT2D eigenvalue weighted by Crippen LogP contribution is 2.30. The topological polar surface area (TPSA) is 12.5 Å². The molecule has 26 heavy (non-hydrogen) atoms. The number of nitrogens with zero attached hydrogens (tertiary/aromatic N) is 1. The van der Waals surface area contributed by atoms with E-state index in [1.165, 1.54) is 28.0 Å². The maximum atomic E-state index is 5.46. The van der Waals surface area contributed by atoms with Gasteiger partial charge in [-0.25, -0.2) is 0 Å². The number of methoxy groups -OCH3 is 1. The van der Waals surface area contributed by atoms with Gasteiger partial charge in [0.05, 0.1) is 7.11 Å². The van der Waals surface area contributed by atoms with Crippen LogP contribution in [-0.2, 0) is 6.42 Å². The smallest absolute Gasteiger partial charge is 0.119 e. The number of rotatable bonds is 6. The number of ether oxygens (including phenoxy) is 1. The molecule has 0 aliphatic heterocycles. The van der Waals surface area contributed by atoms with Crippen LogP contribution < -0.4 is 9.64 Å². The maximum absolute atomic E-state index is 5.46. The lowest BCUT2D eigenvalue weighted by Gasteiger charge is -2.20. The van der Waals surface area contributed by atoms with E-state index in [1.54, 1.807) is 7.11 Å². The van der Waals surface area contributed by atoms with E-state index in [0.717, 1.165) is 12.2 Å². The minimum absolute atomic E-state index is 0.837. The molecule has 0 aliphatic rings. The quantitative estimate of drug-likeness (QED) is 0.545. The molecule has 0 aliphatic carbocycles. The normalized spacial score (nSPS) is 11.3. The summed E-state index contributed by atoms with van der Waals surface area (Å²) in [4.78, 5) is 2.15. The Hall–Kier alpha value is -3.00. The predicted molar refractivity (Wildman–Crippen MR) is 112 cm³/mol. The largest absolute Gasteiger partial charge is 0.497 e. The number of hydrogen-bond acceptors (Lipinski definition) is 2. The number of hydrogen-bond donors (Lipinski definition) is 0. The van der Waals surface area contributed by atoms with Crippen LogP contribution in [0.25, 0.3) is 11.6 Å². The molecule has 0 N–H and O–H groups in total. The number of anilines is 1. The lowest BCUT2D eigenvalue weighted by atomic mass is 9.95. The van der Waals surface area contributed by atoms with E-state index >= 15 is 0 Å². The summed E-state index contributed by atoms with van der Waals surface area (Å²) in [6.45, 7) is 0. The highest BCUT2D eigenvalue weighted by molar-refractivity contribution is 5.83. The first-order valence-electron chi connectivity index (χ1n) is 8.82. The molecular formula is C24H25NO. The van der Waals surface area contributed by atoms with Crippen molar-refractivity contribution < 1.29 is 4.74 Å². The van der Waals surface area contributed by atoms with E-state index in [0.29, 0.717) is 0 Å². The molecule has 0 radical (unpaired) electrons. The second-order valence-corrected chi connectivity index (χ2v) is 6.51. The van der Waals surface area contributed by atoms with Crippen molar-refractivity contribution >= 4 is 17.3 Å². The molecule has 0 saturated heterocycles. The van der Waals surface area contributed by atoms with Crippen LogP contribution in [0.2, 0.25) is 0 Å². The third-order valence-electron chi connectivity index (χ3n) is 4.43. The zero-order valence-corrected chi connectivity index (χ0v) is 15.6. The monoisotopic (exact) mass is 343 g/mol. The highest BCUT2D eigenvalue weighted by Gasteiger charge is 2.11. The van der Waals surface area contributed by atoms with E-state index in [4.69, 9.17) is 4.74 Å². The first kappa shape index (κ1) is 17.8. The van der Waals surface area contributed by atoms with Gasteiger partial charge in [-0.2, -0.15) is 0 Å². The van der Waals surface area contributed by atoms with Gasteiger partial charge in [0, 0.05) is 26.2 Å². The van der Waals surface area contributed by atoms with Crippen molar-refractivity contribution in [2.45, 2.75) is 6.42 Å². The van der Waals surface area contributed by atoms with Gasteiger partial charge in [-0.1, -0.05) is 66.7 Å². The van der Waals surface area contributed by atoms with Crippen molar-refractivity contribution in [1.29, 1.82) is 0 Å². The Morgan fingerprint density at radius 3 is 2.15 bits per heavy atom. The van der Waals surface area contributed by atoms with E-state index < -0.39 is 0 Å². The van der Waals surface area contributed by atoms with Gasteiger partial charge in [0.25, 0.3) is 0 Å². The molecule has 0 saturated carbocycles. The third-order valence-corrected chi connectivity index (χ3v) is 4.43. The summed E-state index contributed by atoms with van der Waals surface area (Å²) >= 11 is 0. The van der Waals surface area contributed by atoms with E-state index in [2.05, 4.69) is 91.8 Å². The number of benzene rings is 3. The average molecular weight is 343 g/mol. The summed E-state index contributed by atoms with van der Waals surface area (Å²) in [5.41, 5.74) is 6.19. The van der Waals surface area contributed by atoms with Gasteiger partial charge in [-0.15, -0.1) is 0 Å². The molecule has 0 amide bonds. The van der Waals surface area contributed by atoms with Crippen LogP contribution >= 0.6 is 0 Å². The Morgan fingerprint density at radius 2 is 1.54 bits per heavy atom. The lowest BCUT2D eigenvalue weighted by molar-refractivity contribution is 0.414. The molecule has 0 fully saturated rings. The molecule has 3 aromatic rings. The van der Waals surface area contributed by atoms with E-state index in [9.17, 15) is 0 Å². The van der Waals surface area contributed by atoms with Crippen LogP contribution in [0.4, 0.5) is 5.69 Å². The summed E-state index contributed by atoms with van der Waals surface area (Å²) in [6.07, 6.45) is 3.11. The Labute approximate surface area is 156 Å². The highest BCUT2D eigenvalue weighted by atomic mass is 16.5. The first-order valence-corrected chi connectivity index (χ1v) is 8.82. The minimum atomic E-state index is 0.837. The van der Waals surface area contributed by atoms with Crippen LogP contribution in [-0.4, -0.2) is 21.2 Å². The van der Waals surface area contributed by atoms with Crippen molar-refractivity contribution in [2.24, 2.45) is 0 Å². The molecule has 3 aromatic carbocycles.